The van der Waals surface area contributed by atoms with Crippen LogP contribution in [-0.2, 0) is 16.0 Å². The molecule has 1 aromatic heterocycles. The van der Waals surface area contributed by atoms with E-state index >= 15 is 0 Å². The minimum atomic E-state index is -0.582. The Morgan fingerprint density at radius 1 is 1.04 bits per heavy atom. The van der Waals surface area contributed by atoms with Gasteiger partial charge in [0.05, 0.1) is 30.2 Å². The monoisotopic (exact) mass is 376 g/mol. The summed E-state index contributed by atoms with van der Waals surface area (Å²) in [7, 11) is 0. The Morgan fingerprint density at radius 3 is 2.39 bits per heavy atom. The number of anilines is 1. The number of hydrogen-bond donors (Lipinski definition) is 2. The Labute approximate surface area is 164 Å². The van der Waals surface area contributed by atoms with Crippen LogP contribution in [-0.4, -0.2) is 27.6 Å². The first-order valence-corrected chi connectivity index (χ1v) is 9.40. The third-order valence-electron chi connectivity index (χ3n) is 4.31. The number of para-hydroxylation sites is 1. The number of nitrogens with zero attached hydrogens (tertiary/aromatic N) is 2. The SMILES string of the molecule is CCCC(NC(=O)Cc1ccccc1)C(=O)Nc1cnn(-c2ccccc2)c1. The normalized spacial score (nSPS) is 11.6. The van der Waals surface area contributed by atoms with Gasteiger partial charge in [-0.05, 0) is 24.1 Å². The summed E-state index contributed by atoms with van der Waals surface area (Å²) in [6.07, 6.45) is 4.95. The molecule has 2 amide bonds. The van der Waals surface area contributed by atoms with Crippen LogP contribution >= 0.6 is 0 Å². The Bertz CT molecular complexity index is 907. The van der Waals surface area contributed by atoms with Crippen LogP contribution in [0.2, 0.25) is 0 Å². The molecule has 1 atom stereocenters. The van der Waals surface area contributed by atoms with Crippen LogP contribution in [0, 0.1) is 0 Å². The zero-order chi connectivity index (χ0) is 19.8. The average molecular weight is 376 g/mol. The number of hydrogen-bond acceptors (Lipinski definition) is 3. The van der Waals surface area contributed by atoms with Crippen LogP contribution in [0.15, 0.2) is 73.1 Å². The molecule has 0 spiro atoms. The molecule has 3 aromatic rings. The van der Waals surface area contributed by atoms with Gasteiger partial charge < -0.3 is 10.6 Å². The summed E-state index contributed by atoms with van der Waals surface area (Å²) in [6.45, 7) is 1.98. The zero-order valence-electron chi connectivity index (χ0n) is 15.8. The molecule has 0 bridgehead atoms. The summed E-state index contributed by atoms with van der Waals surface area (Å²) in [4.78, 5) is 25.0. The molecule has 3 rings (SSSR count). The van der Waals surface area contributed by atoms with Gasteiger partial charge in [0.25, 0.3) is 0 Å². The number of amides is 2. The van der Waals surface area contributed by atoms with Crippen molar-refractivity contribution in [2.24, 2.45) is 0 Å². The predicted molar refractivity (Wildman–Crippen MR) is 109 cm³/mol. The van der Waals surface area contributed by atoms with E-state index in [9.17, 15) is 9.59 Å². The van der Waals surface area contributed by atoms with E-state index in [0.717, 1.165) is 17.7 Å². The number of aromatic nitrogens is 2. The van der Waals surface area contributed by atoms with Gasteiger partial charge in [-0.25, -0.2) is 4.68 Å². The van der Waals surface area contributed by atoms with Gasteiger partial charge >= 0.3 is 0 Å². The first-order chi connectivity index (χ1) is 13.7. The molecule has 0 radical (unpaired) electrons. The van der Waals surface area contributed by atoms with Gasteiger partial charge in [-0.15, -0.1) is 0 Å². The summed E-state index contributed by atoms with van der Waals surface area (Å²) in [5.74, 6) is -0.407. The second kappa shape index (κ2) is 9.50. The largest absolute Gasteiger partial charge is 0.344 e. The lowest BCUT2D eigenvalue weighted by Crippen LogP contribution is -2.44. The molecule has 0 saturated heterocycles. The van der Waals surface area contributed by atoms with Crippen LogP contribution in [0.4, 0.5) is 5.69 Å². The van der Waals surface area contributed by atoms with Crippen LogP contribution in [0.3, 0.4) is 0 Å². The van der Waals surface area contributed by atoms with E-state index in [1.54, 1.807) is 17.1 Å². The maximum absolute atomic E-state index is 12.7. The summed E-state index contributed by atoms with van der Waals surface area (Å²) < 4.78 is 1.69. The lowest BCUT2D eigenvalue weighted by atomic mass is 10.1. The molecular weight excluding hydrogens is 352 g/mol. The molecule has 28 heavy (non-hydrogen) atoms. The van der Waals surface area contributed by atoms with E-state index in [1.807, 2.05) is 67.6 Å². The molecule has 6 heteroatoms. The molecule has 0 aliphatic rings. The van der Waals surface area contributed by atoms with E-state index in [0.29, 0.717) is 12.1 Å². The summed E-state index contributed by atoms with van der Waals surface area (Å²) in [5, 5.41) is 9.97. The van der Waals surface area contributed by atoms with Crippen molar-refractivity contribution in [1.82, 2.24) is 15.1 Å². The van der Waals surface area contributed by atoms with Crippen molar-refractivity contribution in [2.45, 2.75) is 32.2 Å². The van der Waals surface area contributed by atoms with Crippen LogP contribution < -0.4 is 10.6 Å². The van der Waals surface area contributed by atoms with E-state index < -0.39 is 6.04 Å². The van der Waals surface area contributed by atoms with Crippen molar-refractivity contribution in [3.05, 3.63) is 78.6 Å². The topological polar surface area (TPSA) is 76.0 Å². The number of benzene rings is 2. The smallest absolute Gasteiger partial charge is 0.247 e. The van der Waals surface area contributed by atoms with Crippen LogP contribution in [0.5, 0.6) is 0 Å². The Kier molecular flexibility index (Phi) is 6.57. The molecule has 144 valence electrons. The average Bonchev–Trinajstić information content (AvgIpc) is 3.17. The Hall–Kier alpha value is -3.41. The van der Waals surface area contributed by atoms with Crippen molar-refractivity contribution >= 4 is 17.5 Å². The Balaban J connectivity index is 1.61. The van der Waals surface area contributed by atoms with Gasteiger partial charge in [0, 0.05) is 0 Å². The summed E-state index contributed by atoms with van der Waals surface area (Å²) in [5.41, 5.74) is 2.41. The third kappa shape index (κ3) is 5.30. The number of carbonyl (C=O) groups is 2. The first kappa shape index (κ1) is 19.4. The second-order valence-electron chi connectivity index (χ2n) is 6.57. The molecule has 0 aliphatic heterocycles. The maximum Gasteiger partial charge on any atom is 0.247 e. The quantitative estimate of drug-likeness (QED) is 0.633. The molecule has 2 N–H and O–H groups in total. The van der Waals surface area contributed by atoms with Crippen molar-refractivity contribution in [1.29, 1.82) is 0 Å². The predicted octanol–water partition coefficient (Wildman–Crippen LogP) is 3.34. The summed E-state index contributed by atoms with van der Waals surface area (Å²) in [6, 6.07) is 18.5. The van der Waals surface area contributed by atoms with E-state index in [4.69, 9.17) is 0 Å². The van der Waals surface area contributed by atoms with Gasteiger partial charge in [0.1, 0.15) is 6.04 Å². The fourth-order valence-electron chi connectivity index (χ4n) is 2.92. The molecule has 1 unspecified atom stereocenters. The van der Waals surface area contributed by atoms with Gasteiger partial charge in [-0.2, -0.15) is 5.10 Å². The molecule has 0 aliphatic carbocycles. The highest BCUT2D eigenvalue weighted by molar-refractivity contribution is 5.97. The molecule has 6 nitrogen and oxygen atoms in total. The van der Waals surface area contributed by atoms with E-state index in [1.165, 1.54) is 0 Å². The van der Waals surface area contributed by atoms with Crippen molar-refractivity contribution in [3.8, 4) is 5.69 Å². The first-order valence-electron chi connectivity index (χ1n) is 9.40. The van der Waals surface area contributed by atoms with Gasteiger partial charge in [0.15, 0.2) is 0 Å². The number of carbonyl (C=O) groups excluding carboxylic acids is 2. The highest BCUT2D eigenvalue weighted by Gasteiger charge is 2.20. The Morgan fingerprint density at radius 2 is 1.71 bits per heavy atom. The van der Waals surface area contributed by atoms with Gasteiger partial charge in [0.2, 0.25) is 11.8 Å². The maximum atomic E-state index is 12.7. The fourth-order valence-corrected chi connectivity index (χ4v) is 2.92. The van der Waals surface area contributed by atoms with Crippen LogP contribution in [0.25, 0.3) is 5.69 Å². The van der Waals surface area contributed by atoms with E-state index in [2.05, 4.69) is 15.7 Å². The standard InChI is InChI=1S/C22H24N4O2/c1-2-9-20(25-21(27)14-17-10-5-3-6-11-17)22(28)24-18-15-23-26(16-18)19-12-7-4-8-13-19/h3-8,10-13,15-16,20H,2,9,14H2,1H3,(H,24,28)(H,25,27). The molecular formula is C22H24N4O2. The summed E-state index contributed by atoms with van der Waals surface area (Å²) >= 11 is 0. The highest BCUT2D eigenvalue weighted by Crippen LogP contribution is 2.12. The van der Waals surface area contributed by atoms with Crippen molar-refractivity contribution in [3.63, 3.8) is 0 Å². The number of nitrogens with one attached hydrogen (secondary N) is 2. The number of rotatable bonds is 8. The fraction of sp³-hybridized carbons (Fsp3) is 0.227. The second-order valence-corrected chi connectivity index (χ2v) is 6.57. The third-order valence-corrected chi connectivity index (χ3v) is 4.31. The minimum absolute atomic E-state index is 0.167. The minimum Gasteiger partial charge on any atom is -0.344 e. The lowest BCUT2D eigenvalue weighted by molar-refractivity contribution is -0.126. The molecule has 0 fully saturated rings. The van der Waals surface area contributed by atoms with Gasteiger partial charge in [-0.3, -0.25) is 9.59 Å². The van der Waals surface area contributed by atoms with Crippen LogP contribution in [0.1, 0.15) is 25.3 Å². The molecule has 0 saturated carbocycles. The zero-order valence-corrected chi connectivity index (χ0v) is 15.8. The van der Waals surface area contributed by atoms with E-state index in [-0.39, 0.29) is 18.2 Å². The van der Waals surface area contributed by atoms with Crippen molar-refractivity contribution in [2.75, 3.05) is 5.32 Å². The highest BCUT2D eigenvalue weighted by atomic mass is 16.2. The molecule has 2 aromatic carbocycles. The lowest BCUT2D eigenvalue weighted by Gasteiger charge is -2.17. The van der Waals surface area contributed by atoms with Gasteiger partial charge in [-0.1, -0.05) is 61.9 Å². The van der Waals surface area contributed by atoms with Crippen molar-refractivity contribution < 1.29 is 9.59 Å². The molecule has 1 heterocycles.